The Morgan fingerprint density at radius 2 is 1.90 bits per heavy atom. The van der Waals surface area contributed by atoms with Gasteiger partial charge in [0.2, 0.25) is 0 Å². The molecule has 6 rings (SSSR count). The van der Waals surface area contributed by atoms with Crippen LogP contribution in [0.5, 0.6) is 11.5 Å². The molecule has 2 aromatic rings. The number of ether oxygens (including phenoxy) is 3. The Balaban J connectivity index is 1.26. The van der Waals surface area contributed by atoms with E-state index in [-0.39, 0.29) is 17.5 Å². The molecular weight excluding hydrogens is 634 g/mol. The van der Waals surface area contributed by atoms with E-state index < -0.39 is 6.29 Å². The number of piperidine rings is 1. The van der Waals surface area contributed by atoms with Crippen molar-refractivity contribution in [3.63, 3.8) is 0 Å². The third-order valence-electron chi connectivity index (χ3n) is 10.1. The molecular formula is C41H44F2N4O3. The highest BCUT2D eigenvalue weighted by molar-refractivity contribution is 6.01. The Morgan fingerprint density at radius 3 is 2.58 bits per heavy atom. The lowest BCUT2D eigenvalue weighted by molar-refractivity contribution is -0.286. The maximum Gasteiger partial charge on any atom is 0.586 e. The highest BCUT2D eigenvalue weighted by Crippen LogP contribution is 2.46. The lowest BCUT2D eigenvalue weighted by Gasteiger charge is -2.40. The molecule has 1 unspecified atom stereocenters. The Morgan fingerprint density at radius 1 is 1.18 bits per heavy atom. The van der Waals surface area contributed by atoms with Gasteiger partial charge in [-0.15, -0.1) is 14.5 Å². The average Bonchev–Trinajstić information content (AvgIpc) is 3.26. The molecule has 0 spiro atoms. The summed E-state index contributed by atoms with van der Waals surface area (Å²) >= 11 is 0. The van der Waals surface area contributed by atoms with Crippen molar-refractivity contribution < 1.29 is 23.0 Å². The van der Waals surface area contributed by atoms with Crippen molar-refractivity contribution in [3.05, 3.63) is 117 Å². The van der Waals surface area contributed by atoms with Crippen molar-refractivity contribution in [3.8, 4) is 22.6 Å². The summed E-state index contributed by atoms with van der Waals surface area (Å²) in [5.74, 6) is 1.03. The summed E-state index contributed by atoms with van der Waals surface area (Å²) in [5, 5.41) is 8.72. The molecule has 50 heavy (non-hydrogen) atoms. The topological polar surface area (TPSA) is 93.2 Å². The van der Waals surface area contributed by atoms with Crippen molar-refractivity contribution in [2.75, 3.05) is 25.9 Å². The zero-order chi connectivity index (χ0) is 35.9. The minimum absolute atomic E-state index is 0.00244. The summed E-state index contributed by atoms with van der Waals surface area (Å²) in [6.07, 6.45) is 8.74. The smallest absolute Gasteiger partial charge is 0.496 e. The number of allylic oxidation sites excluding steroid dienone is 6. The van der Waals surface area contributed by atoms with Crippen molar-refractivity contribution in [1.82, 2.24) is 4.90 Å². The molecule has 9 heteroatoms. The number of hydrogen-bond acceptors (Lipinski definition) is 7. The first-order valence-electron chi connectivity index (χ1n) is 17.0. The van der Waals surface area contributed by atoms with Crippen LogP contribution in [-0.2, 0) is 11.2 Å². The Kier molecular flexibility index (Phi) is 9.58. The van der Waals surface area contributed by atoms with Crippen LogP contribution >= 0.6 is 0 Å². The van der Waals surface area contributed by atoms with Gasteiger partial charge in [0.1, 0.15) is 5.76 Å². The van der Waals surface area contributed by atoms with E-state index in [1.54, 1.807) is 26.2 Å². The number of nitrogen functional groups attached to an aromatic ring is 1. The fraction of sp³-hybridized carbons (Fsp3) is 0.341. The molecule has 0 bridgehead atoms. The SMILES string of the molecule is C=C1C=NC(C)=C(C=C(C(C)=N)C2=CC=C=C(C)C(OC)=C2)C1N1CCC(c2cc(N)c(-c3ccc4c(c3)OC(F)(F)O4)c(C)c2CC)CC1. The van der Waals surface area contributed by atoms with Crippen molar-refractivity contribution >= 4 is 17.6 Å². The molecule has 260 valence electrons. The summed E-state index contributed by atoms with van der Waals surface area (Å²) in [7, 11) is 1.64. The number of rotatable bonds is 8. The molecule has 0 amide bonds. The van der Waals surface area contributed by atoms with Crippen LogP contribution in [0.3, 0.4) is 0 Å². The number of fused-ring (bicyclic) bond motifs is 1. The van der Waals surface area contributed by atoms with Gasteiger partial charge in [-0.25, -0.2) is 0 Å². The van der Waals surface area contributed by atoms with Gasteiger partial charge >= 0.3 is 6.29 Å². The molecule has 0 aromatic heterocycles. The van der Waals surface area contributed by atoms with Gasteiger partial charge in [0.25, 0.3) is 0 Å². The van der Waals surface area contributed by atoms with Crippen LogP contribution in [-0.4, -0.2) is 49.4 Å². The lowest BCUT2D eigenvalue weighted by Crippen LogP contribution is -2.44. The van der Waals surface area contributed by atoms with E-state index in [9.17, 15) is 8.78 Å². The zero-order valence-electron chi connectivity index (χ0n) is 29.5. The van der Waals surface area contributed by atoms with Gasteiger partial charge < -0.3 is 25.4 Å². The number of aliphatic imine (C=N–C) groups is 1. The largest absolute Gasteiger partial charge is 0.586 e. The van der Waals surface area contributed by atoms with Crippen LogP contribution < -0.4 is 15.2 Å². The number of nitrogens with one attached hydrogen (secondary N) is 1. The first kappa shape index (κ1) is 34.9. The van der Waals surface area contributed by atoms with Crippen molar-refractivity contribution in [2.24, 2.45) is 4.99 Å². The molecule has 3 aliphatic heterocycles. The van der Waals surface area contributed by atoms with Crippen LogP contribution in [0, 0.1) is 12.3 Å². The number of methoxy groups -OCH3 is 1. The predicted molar refractivity (Wildman–Crippen MR) is 196 cm³/mol. The van der Waals surface area contributed by atoms with Gasteiger partial charge in [-0.1, -0.05) is 19.6 Å². The summed E-state index contributed by atoms with van der Waals surface area (Å²) in [6, 6.07) is 6.84. The summed E-state index contributed by atoms with van der Waals surface area (Å²) in [4.78, 5) is 7.15. The van der Waals surface area contributed by atoms with E-state index in [0.29, 0.717) is 28.6 Å². The zero-order valence-corrected chi connectivity index (χ0v) is 29.5. The van der Waals surface area contributed by atoms with Crippen LogP contribution in [0.15, 0.2) is 105 Å². The maximum absolute atomic E-state index is 13.7. The van der Waals surface area contributed by atoms with E-state index in [2.05, 4.69) is 52.9 Å². The standard InChI is InChI=1S/C41H44F2N4O3/c1-8-31-25(4)39(30-12-13-36-38(19-30)50-41(42,43)49-36)35(45)21-34(31)28-14-16-47(17-15-28)40-24(3)22-46-27(6)33(40)20-32(26(5)44)29-11-9-10-23(2)37(18-29)48-7/h9,11-13,18-22,28,40,44H,3,8,14-17,45H2,1-2,4-7H3. The van der Waals surface area contributed by atoms with Crippen LogP contribution in [0.1, 0.15) is 63.1 Å². The predicted octanol–water partition coefficient (Wildman–Crippen LogP) is 9.13. The monoisotopic (exact) mass is 678 g/mol. The number of likely N-dealkylation sites (tertiary alicyclic amines) is 1. The fourth-order valence-electron chi connectivity index (χ4n) is 7.61. The molecule has 0 radical (unpaired) electrons. The van der Waals surface area contributed by atoms with Crippen LogP contribution in [0.4, 0.5) is 14.5 Å². The van der Waals surface area contributed by atoms with Crippen LogP contribution in [0.25, 0.3) is 11.1 Å². The minimum Gasteiger partial charge on any atom is -0.496 e. The van der Waals surface area contributed by atoms with Gasteiger partial charge in [0.15, 0.2) is 11.5 Å². The molecule has 4 aliphatic rings. The number of halogens is 2. The minimum atomic E-state index is -3.68. The molecule has 0 saturated carbocycles. The Labute approximate surface area is 293 Å². The summed E-state index contributed by atoms with van der Waals surface area (Å²) in [6.45, 7) is 16.1. The van der Waals surface area contributed by atoms with Gasteiger partial charge in [-0.05, 0) is 147 Å². The first-order valence-corrected chi connectivity index (χ1v) is 17.0. The molecule has 1 atom stereocenters. The van der Waals surface area contributed by atoms with Crippen molar-refractivity contribution in [1.29, 1.82) is 5.41 Å². The Bertz CT molecular complexity index is 2000. The van der Waals surface area contributed by atoms with E-state index in [1.807, 2.05) is 38.3 Å². The Hall–Kier alpha value is -4.98. The van der Waals surface area contributed by atoms with Crippen molar-refractivity contribution in [2.45, 2.75) is 72.1 Å². The van der Waals surface area contributed by atoms with E-state index in [1.165, 1.54) is 17.2 Å². The molecule has 1 saturated heterocycles. The number of hydrogen-bond donors (Lipinski definition) is 2. The summed E-state index contributed by atoms with van der Waals surface area (Å²) in [5.41, 5.74) is 21.5. The number of nitrogens with zero attached hydrogens (tertiary/aromatic N) is 2. The van der Waals surface area contributed by atoms with Gasteiger partial charge in [0, 0.05) is 40.0 Å². The van der Waals surface area contributed by atoms with Gasteiger partial charge in [-0.3, -0.25) is 9.89 Å². The molecule has 2 aromatic carbocycles. The first-order chi connectivity index (χ1) is 23.8. The number of anilines is 1. The van der Waals surface area contributed by atoms with Gasteiger partial charge in [0.05, 0.1) is 13.2 Å². The number of nitrogens with two attached hydrogens (primary N) is 1. The second kappa shape index (κ2) is 13.7. The van der Waals surface area contributed by atoms with E-state index >= 15 is 0 Å². The molecule has 7 nitrogen and oxygen atoms in total. The average molecular weight is 679 g/mol. The second-order valence-corrected chi connectivity index (χ2v) is 13.3. The van der Waals surface area contributed by atoms with Crippen LogP contribution in [0.2, 0.25) is 0 Å². The molecule has 1 fully saturated rings. The van der Waals surface area contributed by atoms with E-state index in [4.69, 9.17) is 20.6 Å². The quantitative estimate of drug-likeness (QED) is 0.165. The molecule has 1 aliphatic carbocycles. The number of benzene rings is 2. The highest BCUT2D eigenvalue weighted by Gasteiger charge is 2.43. The lowest BCUT2D eigenvalue weighted by atomic mass is 9.80. The van der Waals surface area contributed by atoms with E-state index in [0.717, 1.165) is 77.0 Å². The number of alkyl halides is 2. The summed E-state index contributed by atoms with van der Waals surface area (Å²) < 4.78 is 42.4. The van der Waals surface area contributed by atoms with Gasteiger partial charge in [-0.2, -0.15) is 0 Å². The third kappa shape index (κ3) is 6.63. The fourth-order valence-corrected chi connectivity index (χ4v) is 7.61. The normalized spacial score (nSPS) is 20.8. The maximum atomic E-state index is 13.7. The highest BCUT2D eigenvalue weighted by atomic mass is 19.3. The molecule has 3 heterocycles. The third-order valence-corrected chi connectivity index (χ3v) is 10.1. The second-order valence-electron chi connectivity index (χ2n) is 13.3. The molecule has 3 N–H and O–H groups in total.